The minimum Gasteiger partial charge on any atom is -0.457 e. The second-order valence-electron chi connectivity index (χ2n) is 9.57. The number of amides is 2. The molecule has 0 saturated heterocycles. The van der Waals surface area contributed by atoms with Gasteiger partial charge in [0.25, 0.3) is 5.91 Å². The van der Waals surface area contributed by atoms with Crippen LogP contribution in [0, 0.1) is 11.8 Å². The van der Waals surface area contributed by atoms with Crippen molar-refractivity contribution in [1.82, 2.24) is 10.3 Å². The first-order chi connectivity index (χ1) is 17.9. The van der Waals surface area contributed by atoms with Gasteiger partial charge in [-0.05, 0) is 62.6 Å². The quantitative estimate of drug-likeness (QED) is 0.415. The standard InChI is InChI=1S/C28H24B3N3O4/c1-27(2,37)14-12-18-8-9-19-10-11-22(26(36)34(24(19)16-18)28(29,30)31)33-25(35)23-17-21(13-15-32-23)38-20-6-4-3-5-7-20/h3-9,13,15-17,22,37H,10-11H2,1-2H3,(H,33,35). The Balaban J connectivity index is 1.58. The Morgan fingerprint density at radius 2 is 1.84 bits per heavy atom. The van der Waals surface area contributed by atoms with Crippen LogP contribution < -0.4 is 15.0 Å². The Kier molecular flexibility index (Phi) is 7.70. The first-order valence-corrected chi connectivity index (χ1v) is 12.0. The number of carbonyl (C=O) groups excluding carboxylic acids is 2. The van der Waals surface area contributed by atoms with Crippen molar-refractivity contribution in [3.05, 3.63) is 83.7 Å². The summed E-state index contributed by atoms with van der Waals surface area (Å²) in [5.41, 5.74) is 0.552. The molecule has 4 rings (SSSR count). The average Bonchev–Trinajstić information content (AvgIpc) is 2.99. The van der Waals surface area contributed by atoms with Gasteiger partial charge in [-0.3, -0.25) is 14.6 Å². The fourth-order valence-electron chi connectivity index (χ4n) is 3.97. The van der Waals surface area contributed by atoms with Crippen molar-refractivity contribution in [2.24, 2.45) is 0 Å². The van der Waals surface area contributed by atoms with E-state index >= 15 is 0 Å². The summed E-state index contributed by atoms with van der Waals surface area (Å²) in [6, 6.07) is 16.5. The number of ether oxygens (including phenoxy) is 1. The average molecular weight is 499 g/mol. The van der Waals surface area contributed by atoms with Gasteiger partial charge in [-0.15, -0.1) is 0 Å². The Hall–Kier alpha value is -3.96. The summed E-state index contributed by atoms with van der Waals surface area (Å²) in [5, 5.41) is 10.6. The maximum absolute atomic E-state index is 13.6. The highest BCUT2D eigenvalue weighted by Gasteiger charge is 2.36. The van der Waals surface area contributed by atoms with Crippen LogP contribution in [0.15, 0.2) is 66.9 Å². The van der Waals surface area contributed by atoms with Crippen LogP contribution in [-0.2, 0) is 11.2 Å². The number of carbonyl (C=O) groups is 2. The molecule has 0 saturated carbocycles. The molecule has 1 aliphatic heterocycles. The number of anilines is 1. The van der Waals surface area contributed by atoms with Gasteiger partial charge in [0.15, 0.2) is 0 Å². The predicted octanol–water partition coefficient (Wildman–Crippen LogP) is 2.19. The van der Waals surface area contributed by atoms with Crippen LogP contribution in [0.4, 0.5) is 5.69 Å². The van der Waals surface area contributed by atoms with Gasteiger partial charge in [-0.1, -0.05) is 41.3 Å². The van der Waals surface area contributed by atoms with E-state index in [1.165, 1.54) is 12.3 Å². The van der Waals surface area contributed by atoms with Gasteiger partial charge in [-0.25, -0.2) is 0 Å². The van der Waals surface area contributed by atoms with Crippen molar-refractivity contribution in [1.29, 1.82) is 0 Å². The van der Waals surface area contributed by atoms with Crippen LogP contribution in [0.5, 0.6) is 11.5 Å². The van der Waals surface area contributed by atoms with Crippen LogP contribution in [-0.4, -0.2) is 62.3 Å². The molecule has 0 aliphatic carbocycles. The zero-order valence-corrected chi connectivity index (χ0v) is 21.1. The molecule has 0 fully saturated rings. The Morgan fingerprint density at radius 3 is 2.53 bits per heavy atom. The Bertz CT molecular complexity index is 1410. The van der Waals surface area contributed by atoms with Crippen LogP contribution in [0.25, 0.3) is 0 Å². The monoisotopic (exact) mass is 499 g/mol. The SMILES string of the molecule is [B]C([B])([B])N1C(=O)C(NC(=O)c2cc(Oc3ccccc3)ccn2)CCc2ccc(C#CC(C)(C)O)cc21. The van der Waals surface area contributed by atoms with Gasteiger partial charge < -0.3 is 20.1 Å². The Labute approximate surface area is 226 Å². The number of pyridine rings is 1. The second-order valence-corrected chi connectivity index (χ2v) is 9.57. The third-order valence-electron chi connectivity index (χ3n) is 5.70. The number of rotatable bonds is 5. The summed E-state index contributed by atoms with van der Waals surface area (Å²) in [5.74, 6) is 5.49. The molecular formula is C28H24B3N3O4. The lowest BCUT2D eigenvalue weighted by molar-refractivity contribution is -0.120. The molecule has 7 nitrogen and oxygen atoms in total. The zero-order chi connectivity index (χ0) is 27.5. The van der Waals surface area contributed by atoms with Gasteiger partial charge >= 0.3 is 0 Å². The van der Waals surface area contributed by atoms with Crippen LogP contribution in [0.2, 0.25) is 0 Å². The minimum absolute atomic E-state index is 0.0724. The van der Waals surface area contributed by atoms with Gasteiger partial charge in [0.1, 0.15) is 28.8 Å². The molecule has 2 N–H and O–H groups in total. The number of fused-ring (bicyclic) bond motifs is 1. The molecule has 1 aromatic heterocycles. The van der Waals surface area contributed by atoms with E-state index in [4.69, 9.17) is 28.3 Å². The number of aliphatic hydroxyl groups is 1. The molecule has 1 unspecified atom stereocenters. The number of hydrogen-bond donors (Lipinski definition) is 2. The molecule has 1 atom stereocenters. The lowest BCUT2D eigenvalue weighted by Crippen LogP contribution is -2.59. The van der Waals surface area contributed by atoms with Crippen molar-refractivity contribution in [3.8, 4) is 23.3 Å². The van der Waals surface area contributed by atoms with Crippen molar-refractivity contribution in [2.75, 3.05) is 4.90 Å². The maximum atomic E-state index is 13.6. The number of aromatic nitrogens is 1. The molecule has 2 aromatic carbocycles. The van der Waals surface area contributed by atoms with E-state index in [0.717, 1.165) is 10.5 Å². The van der Waals surface area contributed by atoms with Crippen molar-refractivity contribution >= 4 is 41.0 Å². The largest absolute Gasteiger partial charge is 0.457 e. The van der Waals surface area contributed by atoms with Crippen LogP contribution in [0.3, 0.4) is 0 Å². The smallest absolute Gasteiger partial charge is 0.270 e. The third-order valence-corrected chi connectivity index (χ3v) is 5.70. The maximum Gasteiger partial charge on any atom is 0.270 e. The number of benzene rings is 2. The van der Waals surface area contributed by atoms with Gasteiger partial charge in [0.05, 0.1) is 23.5 Å². The van der Waals surface area contributed by atoms with E-state index in [0.29, 0.717) is 29.2 Å². The van der Waals surface area contributed by atoms with E-state index in [-0.39, 0.29) is 12.1 Å². The normalized spacial score (nSPS) is 15.5. The van der Waals surface area contributed by atoms with Crippen molar-refractivity contribution in [3.63, 3.8) is 0 Å². The van der Waals surface area contributed by atoms with Crippen LogP contribution >= 0.6 is 0 Å². The lowest BCUT2D eigenvalue weighted by atomic mass is 9.48. The second kappa shape index (κ2) is 10.8. The predicted molar refractivity (Wildman–Crippen MR) is 147 cm³/mol. The fraction of sp³-hybridized carbons (Fsp3) is 0.250. The Morgan fingerprint density at radius 1 is 1.11 bits per heavy atom. The lowest BCUT2D eigenvalue weighted by Gasteiger charge is -2.39. The summed E-state index contributed by atoms with van der Waals surface area (Å²) in [6.45, 7) is 3.13. The van der Waals surface area contributed by atoms with E-state index < -0.39 is 28.7 Å². The zero-order valence-electron chi connectivity index (χ0n) is 21.1. The molecule has 1 aliphatic rings. The highest BCUT2D eigenvalue weighted by atomic mass is 16.5. The van der Waals surface area contributed by atoms with E-state index in [1.807, 2.05) is 18.2 Å². The molecule has 0 bridgehead atoms. The van der Waals surface area contributed by atoms with Crippen LogP contribution in [0.1, 0.15) is 41.9 Å². The number of aryl methyl sites for hydroxylation is 1. The van der Waals surface area contributed by atoms with Crippen molar-refractivity contribution < 1.29 is 19.4 Å². The van der Waals surface area contributed by atoms with E-state index in [9.17, 15) is 14.7 Å². The molecule has 0 spiro atoms. The molecular weight excluding hydrogens is 475 g/mol. The molecule has 6 radical (unpaired) electrons. The summed E-state index contributed by atoms with van der Waals surface area (Å²) in [6.07, 6.45) is 2.16. The highest BCUT2D eigenvalue weighted by Crippen LogP contribution is 2.31. The van der Waals surface area contributed by atoms with Gasteiger partial charge in [0.2, 0.25) is 5.91 Å². The minimum atomic E-state index is -2.05. The number of nitrogens with one attached hydrogen (secondary N) is 1. The number of hydrogen-bond acceptors (Lipinski definition) is 5. The summed E-state index contributed by atoms with van der Waals surface area (Å²) in [4.78, 5) is 31.9. The highest BCUT2D eigenvalue weighted by molar-refractivity contribution is 6.62. The summed E-state index contributed by atoms with van der Waals surface area (Å²) >= 11 is 0. The number of para-hydroxylation sites is 1. The molecule has 2 amide bonds. The number of nitrogens with zero attached hydrogens (tertiary/aromatic N) is 2. The van der Waals surface area contributed by atoms with E-state index in [2.05, 4.69) is 22.1 Å². The summed E-state index contributed by atoms with van der Waals surface area (Å²) < 4.78 is 5.78. The van der Waals surface area contributed by atoms with Gasteiger partial charge in [-0.2, -0.15) is 0 Å². The van der Waals surface area contributed by atoms with Crippen molar-refractivity contribution in [2.45, 2.75) is 43.6 Å². The molecule has 3 aromatic rings. The molecule has 10 heteroatoms. The summed E-state index contributed by atoms with van der Waals surface area (Å²) in [7, 11) is 18.1. The fourth-order valence-corrected chi connectivity index (χ4v) is 3.97. The molecule has 38 heavy (non-hydrogen) atoms. The topological polar surface area (TPSA) is 91.8 Å². The molecule has 184 valence electrons. The van der Waals surface area contributed by atoms with E-state index in [1.54, 1.807) is 50.2 Å². The van der Waals surface area contributed by atoms with Gasteiger partial charge in [0, 0.05) is 23.5 Å². The third kappa shape index (κ3) is 6.67. The first kappa shape index (κ1) is 27.1. The first-order valence-electron chi connectivity index (χ1n) is 12.0. The molecule has 2 heterocycles.